The first-order valence-electron chi connectivity index (χ1n) is 9.51. The summed E-state index contributed by atoms with van der Waals surface area (Å²) in [6, 6.07) is 18.8. The topological polar surface area (TPSA) is 99.1 Å². The molecule has 30 heavy (non-hydrogen) atoms. The van der Waals surface area contributed by atoms with E-state index in [1.54, 1.807) is 6.07 Å². The van der Waals surface area contributed by atoms with Gasteiger partial charge in [0.15, 0.2) is 6.61 Å². The minimum absolute atomic E-state index is 0.164. The molecule has 7 nitrogen and oxygen atoms in total. The number of carbonyl (C=O) groups excluding carboxylic acids is 2. The molecule has 0 saturated carbocycles. The fourth-order valence-corrected chi connectivity index (χ4v) is 3.13. The lowest BCUT2D eigenvalue weighted by molar-refractivity contribution is -0.121. The standard InChI is InChI=1S/C23H22N4O3/c1-16-11-17(2)13-19(12-16)27(10-6-9-24)22(28)15-30-23(29)21-14-20(25-26-21)18-7-4-3-5-8-18/h3-5,7-8,11-14H,6,10,15H2,1-2H3,(H,25,26). The van der Waals surface area contributed by atoms with Crippen LogP contribution in [0.3, 0.4) is 0 Å². The zero-order valence-corrected chi connectivity index (χ0v) is 16.9. The third-order valence-corrected chi connectivity index (χ3v) is 4.46. The molecule has 0 fully saturated rings. The number of anilines is 1. The first-order valence-corrected chi connectivity index (χ1v) is 9.51. The third kappa shape index (κ3) is 5.11. The summed E-state index contributed by atoms with van der Waals surface area (Å²) in [6.07, 6.45) is 0.174. The van der Waals surface area contributed by atoms with Crippen molar-refractivity contribution in [3.8, 4) is 17.3 Å². The van der Waals surface area contributed by atoms with Gasteiger partial charge < -0.3 is 9.64 Å². The van der Waals surface area contributed by atoms with Crippen LogP contribution in [0.15, 0.2) is 54.6 Å². The molecule has 0 radical (unpaired) electrons. The first kappa shape index (κ1) is 20.8. The largest absolute Gasteiger partial charge is 0.451 e. The van der Waals surface area contributed by atoms with E-state index in [9.17, 15) is 9.59 Å². The maximum Gasteiger partial charge on any atom is 0.356 e. The second-order valence-corrected chi connectivity index (χ2v) is 6.91. The van der Waals surface area contributed by atoms with Crippen LogP contribution in [0.5, 0.6) is 0 Å². The van der Waals surface area contributed by atoms with E-state index in [0.29, 0.717) is 11.4 Å². The van der Waals surface area contributed by atoms with Gasteiger partial charge in [-0.15, -0.1) is 0 Å². The van der Waals surface area contributed by atoms with Gasteiger partial charge in [-0.3, -0.25) is 9.89 Å². The number of nitriles is 1. The molecule has 1 N–H and O–H groups in total. The molecule has 0 bridgehead atoms. The van der Waals surface area contributed by atoms with Gasteiger partial charge in [0, 0.05) is 17.8 Å². The highest BCUT2D eigenvalue weighted by atomic mass is 16.5. The summed E-state index contributed by atoms with van der Waals surface area (Å²) in [5.74, 6) is -1.06. The maximum absolute atomic E-state index is 12.7. The van der Waals surface area contributed by atoms with E-state index in [2.05, 4.69) is 10.2 Å². The van der Waals surface area contributed by atoms with E-state index < -0.39 is 18.5 Å². The van der Waals surface area contributed by atoms with Crippen molar-refractivity contribution in [2.24, 2.45) is 0 Å². The number of hydrogen-bond donors (Lipinski definition) is 1. The Morgan fingerprint density at radius 3 is 2.47 bits per heavy atom. The van der Waals surface area contributed by atoms with Crippen LogP contribution < -0.4 is 4.90 Å². The number of aromatic nitrogens is 2. The Bertz CT molecular complexity index is 1060. The van der Waals surface area contributed by atoms with Gasteiger partial charge in [-0.25, -0.2) is 4.79 Å². The van der Waals surface area contributed by atoms with Crippen molar-refractivity contribution in [2.45, 2.75) is 20.3 Å². The average Bonchev–Trinajstić information content (AvgIpc) is 3.23. The Morgan fingerprint density at radius 1 is 1.10 bits per heavy atom. The van der Waals surface area contributed by atoms with E-state index >= 15 is 0 Å². The number of aromatic amines is 1. The van der Waals surface area contributed by atoms with E-state index in [1.165, 1.54) is 4.90 Å². The van der Waals surface area contributed by atoms with Crippen molar-refractivity contribution in [1.29, 1.82) is 5.26 Å². The Hall–Kier alpha value is -3.92. The molecule has 0 aliphatic heterocycles. The molecule has 1 amide bonds. The number of esters is 1. The van der Waals surface area contributed by atoms with Crippen LogP contribution in [-0.4, -0.2) is 35.2 Å². The van der Waals surface area contributed by atoms with Crippen molar-refractivity contribution in [3.05, 3.63) is 71.4 Å². The number of benzene rings is 2. The van der Waals surface area contributed by atoms with Crippen LogP contribution in [0.2, 0.25) is 0 Å². The van der Waals surface area contributed by atoms with Crippen molar-refractivity contribution in [2.75, 3.05) is 18.1 Å². The molecular weight excluding hydrogens is 380 g/mol. The Kier molecular flexibility index (Phi) is 6.60. The van der Waals surface area contributed by atoms with Crippen molar-refractivity contribution in [1.82, 2.24) is 10.2 Å². The number of H-pyrrole nitrogens is 1. The van der Waals surface area contributed by atoms with Gasteiger partial charge in [-0.1, -0.05) is 36.4 Å². The monoisotopic (exact) mass is 402 g/mol. The molecule has 0 spiro atoms. The second-order valence-electron chi connectivity index (χ2n) is 6.91. The number of amides is 1. The number of ether oxygens (including phenoxy) is 1. The van der Waals surface area contributed by atoms with Gasteiger partial charge in [0.25, 0.3) is 5.91 Å². The fraction of sp³-hybridized carbons (Fsp3) is 0.217. The quantitative estimate of drug-likeness (QED) is 0.606. The van der Waals surface area contributed by atoms with E-state index in [4.69, 9.17) is 10.00 Å². The lowest BCUT2D eigenvalue weighted by Crippen LogP contribution is -2.35. The number of rotatable bonds is 7. The van der Waals surface area contributed by atoms with Gasteiger partial charge in [-0.05, 0) is 43.2 Å². The number of carbonyl (C=O) groups is 2. The maximum atomic E-state index is 12.7. The molecule has 3 aromatic rings. The van der Waals surface area contributed by atoms with Crippen LogP contribution in [-0.2, 0) is 9.53 Å². The number of nitrogens with zero attached hydrogens (tertiary/aromatic N) is 3. The van der Waals surface area contributed by atoms with Crippen molar-refractivity contribution >= 4 is 17.6 Å². The third-order valence-electron chi connectivity index (χ3n) is 4.46. The van der Waals surface area contributed by atoms with Crippen LogP contribution in [0, 0.1) is 25.2 Å². The molecule has 0 aliphatic rings. The Balaban J connectivity index is 1.68. The highest BCUT2D eigenvalue weighted by Crippen LogP contribution is 2.20. The molecule has 1 heterocycles. The zero-order valence-electron chi connectivity index (χ0n) is 16.9. The lowest BCUT2D eigenvalue weighted by Gasteiger charge is -2.22. The smallest absolute Gasteiger partial charge is 0.356 e. The molecule has 7 heteroatoms. The molecule has 0 atom stereocenters. The molecule has 1 aromatic heterocycles. The van der Waals surface area contributed by atoms with Crippen LogP contribution in [0.1, 0.15) is 28.0 Å². The second kappa shape index (κ2) is 9.52. The molecule has 3 rings (SSSR count). The summed E-state index contributed by atoms with van der Waals surface area (Å²) in [4.78, 5) is 26.6. The Morgan fingerprint density at radius 2 is 1.80 bits per heavy atom. The lowest BCUT2D eigenvalue weighted by atomic mass is 10.1. The summed E-state index contributed by atoms with van der Waals surface area (Å²) in [5.41, 5.74) is 4.32. The summed E-state index contributed by atoms with van der Waals surface area (Å²) >= 11 is 0. The average molecular weight is 402 g/mol. The Labute approximate surface area is 174 Å². The molecule has 0 unspecified atom stereocenters. The van der Waals surface area contributed by atoms with Crippen LogP contribution in [0.4, 0.5) is 5.69 Å². The highest BCUT2D eigenvalue weighted by molar-refractivity contribution is 5.97. The van der Waals surface area contributed by atoms with Crippen molar-refractivity contribution in [3.63, 3.8) is 0 Å². The summed E-state index contributed by atoms with van der Waals surface area (Å²) < 4.78 is 5.20. The van der Waals surface area contributed by atoms with Crippen molar-refractivity contribution < 1.29 is 14.3 Å². The SMILES string of the molecule is Cc1cc(C)cc(N(CCC#N)C(=O)COC(=O)c2cc(-c3ccccc3)n[nH]2)c1. The van der Waals surface area contributed by atoms with Gasteiger partial charge in [0.05, 0.1) is 18.2 Å². The van der Waals surface area contributed by atoms with E-state index in [-0.39, 0.29) is 18.7 Å². The minimum atomic E-state index is -0.668. The first-order chi connectivity index (χ1) is 14.5. The number of aryl methyl sites for hydroxylation is 2. The van der Waals surface area contributed by atoms with E-state index in [0.717, 1.165) is 16.7 Å². The number of nitrogens with one attached hydrogen (secondary N) is 1. The predicted octanol–water partition coefficient (Wildman–Crippen LogP) is 3.80. The predicted molar refractivity (Wildman–Crippen MR) is 113 cm³/mol. The van der Waals surface area contributed by atoms with Gasteiger partial charge in [0.1, 0.15) is 5.69 Å². The van der Waals surface area contributed by atoms with Crippen LogP contribution in [0.25, 0.3) is 11.3 Å². The van der Waals surface area contributed by atoms with Crippen LogP contribution >= 0.6 is 0 Å². The summed E-state index contributed by atoms with van der Waals surface area (Å²) in [6.45, 7) is 3.66. The highest BCUT2D eigenvalue weighted by Gasteiger charge is 2.20. The molecule has 0 aliphatic carbocycles. The number of hydrogen-bond acceptors (Lipinski definition) is 5. The molecule has 152 valence electrons. The van der Waals surface area contributed by atoms with E-state index in [1.807, 2.05) is 68.4 Å². The molecule has 2 aromatic carbocycles. The zero-order chi connectivity index (χ0) is 21.5. The summed E-state index contributed by atoms with van der Waals surface area (Å²) in [5, 5.41) is 15.7. The molecular formula is C23H22N4O3. The molecule has 0 saturated heterocycles. The summed E-state index contributed by atoms with van der Waals surface area (Å²) in [7, 11) is 0. The fourth-order valence-electron chi connectivity index (χ4n) is 3.13. The minimum Gasteiger partial charge on any atom is -0.451 e. The van der Waals surface area contributed by atoms with Gasteiger partial charge >= 0.3 is 5.97 Å². The van der Waals surface area contributed by atoms with Gasteiger partial charge in [-0.2, -0.15) is 10.4 Å². The van der Waals surface area contributed by atoms with Gasteiger partial charge in [0.2, 0.25) is 0 Å². The normalized spacial score (nSPS) is 10.3.